The first kappa shape index (κ1) is 28.2. The second-order valence-electron chi connectivity index (χ2n) is 9.76. The van der Waals surface area contributed by atoms with Crippen molar-refractivity contribution in [2.75, 3.05) is 43.1 Å². The lowest BCUT2D eigenvalue weighted by Gasteiger charge is -2.44. The number of nitrogens with zero attached hydrogens (tertiary/aromatic N) is 3. The summed E-state index contributed by atoms with van der Waals surface area (Å²) in [6.45, 7) is 11.8. The van der Waals surface area contributed by atoms with E-state index in [-0.39, 0.29) is 11.0 Å². The largest absolute Gasteiger partial charge is 0.456 e. The second-order valence-corrected chi connectivity index (χ2v) is 10.2. The molecule has 3 aromatic carbocycles. The van der Waals surface area contributed by atoms with Crippen molar-refractivity contribution >= 4 is 40.7 Å². The molecule has 2 amide bonds. The number of thiocarbonyl (C=S) groups is 1. The van der Waals surface area contributed by atoms with Crippen LogP contribution in [0.15, 0.2) is 60.7 Å². The summed E-state index contributed by atoms with van der Waals surface area (Å²) in [4.78, 5) is 30.6. The third-order valence-electron chi connectivity index (χ3n) is 7.89. The summed E-state index contributed by atoms with van der Waals surface area (Å²) in [5, 5.41) is 3.91. The molecular weight excluding hydrogens is 538 g/mol. The molecule has 0 aliphatic carbocycles. The smallest absolute Gasteiger partial charge is 0.413 e. The molecule has 2 aliphatic heterocycles. The first-order valence-electron chi connectivity index (χ1n) is 13.9. The van der Waals surface area contributed by atoms with Crippen molar-refractivity contribution in [1.82, 2.24) is 15.8 Å². The number of rotatable bonds is 7. The van der Waals surface area contributed by atoms with E-state index in [2.05, 4.69) is 60.4 Å². The maximum absolute atomic E-state index is 14.1. The molecule has 0 radical (unpaired) electrons. The van der Waals surface area contributed by atoms with Crippen LogP contribution in [0.2, 0.25) is 0 Å². The molecule has 2 heterocycles. The molecule has 2 aliphatic rings. The molecule has 2 N–H and O–H groups in total. The average molecular weight is 574 g/mol. The highest BCUT2D eigenvalue weighted by Crippen LogP contribution is 2.57. The summed E-state index contributed by atoms with van der Waals surface area (Å²) in [5.74, 6) is 0.998. The Bertz CT molecular complexity index is 1440. The van der Waals surface area contributed by atoms with Gasteiger partial charge in [-0.05, 0) is 58.1 Å². The van der Waals surface area contributed by atoms with Gasteiger partial charge >= 0.3 is 6.09 Å². The van der Waals surface area contributed by atoms with E-state index in [4.69, 9.17) is 21.7 Å². The lowest BCUT2D eigenvalue weighted by atomic mass is 9.75. The van der Waals surface area contributed by atoms with Crippen LogP contribution in [0.5, 0.6) is 11.5 Å². The van der Waals surface area contributed by atoms with E-state index in [1.165, 1.54) is 12.1 Å². The predicted molar refractivity (Wildman–Crippen MR) is 164 cm³/mol. The fourth-order valence-corrected chi connectivity index (χ4v) is 6.12. The third-order valence-corrected chi connectivity index (χ3v) is 8.08. The second kappa shape index (κ2) is 11.3. The highest BCUT2D eigenvalue weighted by Gasteiger charge is 2.57. The number of fused-ring (bicyclic) bond motifs is 6. The number of amides is 2. The van der Waals surface area contributed by atoms with E-state index >= 15 is 0 Å². The Balaban J connectivity index is 1.79. The zero-order valence-electron chi connectivity index (χ0n) is 24.0. The van der Waals surface area contributed by atoms with E-state index < -0.39 is 11.6 Å². The quantitative estimate of drug-likeness (QED) is 0.365. The van der Waals surface area contributed by atoms with Crippen molar-refractivity contribution < 1.29 is 19.1 Å². The number of ether oxygens (including phenoxy) is 2. The molecule has 0 unspecified atom stereocenters. The number of anilines is 2. The van der Waals surface area contributed by atoms with Crippen LogP contribution < -0.4 is 25.3 Å². The zero-order chi connectivity index (χ0) is 29.3. The summed E-state index contributed by atoms with van der Waals surface area (Å²) in [6.07, 6.45) is -0.735. The van der Waals surface area contributed by atoms with Gasteiger partial charge in [-0.2, -0.15) is 0 Å². The van der Waals surface area contributed by atoms with Crippen LogP contribution in [0, 0.1) is 0 Å². The molecule has 0 aromatic heterocycles. The van der Waals surface area contributed by atoms with Crippen molar-refractivity contribution in [1.29, 1.82) is 0 Å². The van der Waals surface area contributed by atoms with Crippen LogP contribution in [0.25, 0.3) is 0 Å². The fourth-order valence-electron chi connectivity index (χ4n) is 5.94. The Morgan fingerprint density at radius 1 is 0.878 bits per heavy atom. The van der Waals surface area contributed by atoms with E-state index in [1.54, 1.807) is 6.07 Å². The van der Waals surface area contributed by atoms with Gasteiger partial charge in [0.15, 0.2) is 5.11 Å². The van der Waals surface area contributed by atoms with Crippen LogP contribution in [-0.4, -0.2) is 55.4 Å². The predicted octanol–water partition coefficient (Wildman–Crippen LogP) is 5.38. The minimum absolute atomic E-state index is 0.0634. The molecule has 3 aromatic rings. The van der Waals surface area contributed by atoms with Crippen LogP contribution >= 0.6 is 12.2 Å². The third kappa shape index (κ3) is 4.52. The standard InChI is InChI=1S/C31H35N5O4S/c1-6-34(7-2)20-14-16-24-26(18-20)40-27-19-21(35(8-3)9-4)15-17-25(27)31(24)23-13-11-10-12-22(23)28(37)36(31)33-29(41)32-30(38)39-5/h10-19H,6-9H2,1-5H3,(H2,32,33,38,41). The van der Waals surface area contributed by atoms with Gasteiger partial charge in [-0.3, -0.25) is 15.5 Å². The topological polar surface area (TPSA) is 86.4 Å². The Hall–Kier alpha value is -4.31. The van der Waals surface area contributed by atoms with E-state index in [1.807, 2.05) is 42.5 Å². The highest BCUT2D eigenvalue weighted by atomic mass is 32.1. The number of nitrogens with one attached hydrogen (secondary N) is 2. The summed E-state index contributed by atoms with van der Waals surface area (Å²) >= 11 is 5.46. The molecule has 0 fully saturated rings. The lowest BCUT2D eigenvalue weighted by Crippen LogP contribution is -2.58. The summed E-state index contributed by atoms with van der Waals surface area (Å²) < 4.78 is 11.4. The molecule has 41 heavy (non-hydrogen) atoms. The van der Waals surface area contributed by atoms with Gasteiger partial charge in [0.25, 0.3) is 5.91 Å². The van der Waals surface area contributed by atoms with Crippen molar-refractivity contribution in [3.8, 4) is 11.5 Å². The van der Waals surface area contributed by atoms with Crippen molar-refractivity contribution in [3.05, 3.63) is 82.9 Å². The summed E-state index contributed by atoms with van der Waals surface area (Å²) in [7, 11) is 1.25. The van der Waals surface area contributed by atoms with Crippen LogP contribution in [-0.2, 0) is 10.3 Å². The number of methoxy groups -OCH3 is 1. The number of hydrazine groups is 1. The molecule has 9 nitrogen and oxygen atoms in total. The number of hydrogen-bond acceptors (Lipinski definition) is 7. The maximum atomic E-state index is 14.1. The van der Waals surface area contributed by atoms with Crippen LogP contribution in [0.3, 0.4) is 0 Å². The van der Waals surface area contributed by atoms with Crippen molar-refractivity contribution in [2.45, 2.75) is 33.2 Å². The maximum Gasteiger partial charge on any atom is 0.413 e. The minimum Gasteiger partial charge on any atom is -0.456 e. The molecule has 10 heteroatoms. The number of carbonyl (C=O) groups excluding carboxylic acids is 2. The molecule has 1 spiro atoms. The Kier molecular flexibility index (Phi) is 7.77. The molecule has 5 rings (SSSR count). The van der Waals surface area contributed by atoms with Crippen LogP contribution in [0.4, 0.5) is 16.2 Å². The molecular formula is C31H35N5O4S. The molecule has 0 bridgehead atoms. The summed E-state index contributed by atoms with van der Waals surface area (Å²) in [5.41, 5.74) is 6.81. The first-order chi connectivity index (χ1) is 19.8. The van der Waals surface area contributed by atoms with Gasteiger partial charge in [0.05, 0.1) is 7.11 Å². The van der Waals surface area contributed by atoms with Crippen molar-refractivity contribution in [2.24, 2.45) is 0 Å². The van der Waals surface area contributed by atoms with Crippen LogP contribution in [0.1, 0.15) is 54.7 Å². The highest BCUT2D eigenvalue weighted by molar-refractivity contribution is 7.80. The average Bonchev–Trinajstić information content (AvgIpc) is 3.22. The molecule has 214 valence electrons. The van der Waals surface area contributed by atoms with Crippen molar-refractivity contribution in [3.63, 3.8) is 0 Å². The minimum atomic E-state index is -1.14. The van der Waals surface area contributed by atoms with Gasteiger partial charge in [0.1, 0.15) is 17.0 Å². The van der Waals surface area contributed by atoms with Gasteiger partial charge in [-0.15, -0.1) is 0 Å². The van der Waals surface area contributed by atoms with E-state index in [9.17, 15) is 9.59 Å². The van der Waals surface area contributed by atoms with Gasteiger partial charge < -0.3 is 19.3 Å². The number of alkyl carbamates (subject to hydrolysis) is 1. The molecule has 0 saturated carbocycles. The Morgan fingerprint density at radius 3 is 1.93 bits per heavy atom. The summed E-state index contributed by atoms with van der Waals surface area (Å²) in [6, 6.07) is 19.7. The number of hydrogen-bond donors (Lipinski definition) is 2. The van der Waals surface area contributed by atoms with E-state index in [0.29, 0.717) is 17.1 Å². The lowest BCUT2D eigenvalue weighted by molar-refractivity contribution is 0.0590. The normalized spacial score (nSPS) is 14.0. The molecule has 0 saturated heterocycles. The SMILES string of the molecule is CCN(CC)c1ccc2c(c1)Oc1cc(N(CC)CC)ccc1C21c2ccccc2C(=O)N1NC(=S)NC(=O)OC. The van der Waals surface area contributed by atoms with Gasteiger partial charge in [-0.25, -0.2) is 9.80 Å². The van der Waals surface area contributed by atoms with E-state index in [0.717, 1.165) is 54.2 Å². The Labute approximate surface area is 246 Å². The number of carbonyl (C=O) groups is 2. The first-order valence-corrected chi connectivity index (χ1v) is 14.3. The van der Waals surface area contributed by atoms with Gasteiger partial charge in [-0.1, -0.05) is 30.3 Å². The molecule has 0 atom stereocenters. The fraction of sp³-hybridized carbons (Fsp3) is 0.323. The van der Waals surface area contributed by atoms with Gasteiger partial charge in [0.2, 0.25) is 0 Å². The Morgan fingerprint density at radius 2 is 1.41 bits per heavy atom. The number of benzene rings is 3. The van der Waals surface area contributed by atoms with Gasteiger partial charge in [0, 0.05) is 71.9 Å². The monoisotopic (exact) mass is 573 g/mol. The zero-order valence-corrected chi connectivity index (χ0v) is 24.8.